The number of tetrazole rings is 1. The molecule has 1 fully saturated rings. The summed E-state index contributed by atoms with van der Waals surface area (Å²) in [6.07, 6.45) is -0.00113. The van der Waals surface area contributed by atoms with Crippen molar-refractivity contribution in [3.8, 4) is 0 Å². The van der Waals surface area contributed by atoms with E-state index < -0.39 is 6.29 Å². The Labute approximate surface area is 173 Å². The number of ether oxygens (including phenoxy) is 2. The summed E-state index contributed by atoms with van der Waals surface area (Å²) in [4.78, 5) is 0. The van der Waals surface area contributed by atoms with E-state index in [4.69, 9.17) is 15.2 Å². The highest BCUT2D eigenvalue weighted by Crippen LogP contribution is 2.39. The van der Waals surface area contributed by atoms with Crippen molar-refractivity contribution in [1.29, 1.82) is 0 Å². The largest absolute Gasteiger partial charge is 0.399 e. The number of thioether (sulfide) groups is 1. The number of hydrogen-bond acceptors (Lipinski definition) is 8. The standard InChI is InChI=1S/C20H23N5O3S/c1-25-20(22-23-24-25)29-12-17-10-18(14-7-5-13(11-26)6-8-14)28-19(27-17)15-3-2-4-16(21)9-15/h2-9,17-19,26H,10-12,21H2,1H3/t17-,18+,19+/m0/s1. The van der Waals surface area contributed by atoms with Crippen LogP contribution in [0.4, 0.5) is 5.69 Å². The van der Waals surface area contributed by atoms with Gasteiger partial charge in [-0.1, -0.05) is 48.2 Å². The first-order valence-electron chi connectivity index (χ1n) is 9.33. The van der Waals surface area contributed by atoms with Gasteiger partial charge in [0.05, 0.1) is 18.8 Å². The van der Waals surface area contributed by atoms with Crippen LogP contribution in [0.25, 0.3) is 0 Å². The normalized spacial score (nSPS) is 21.9. The smallest absolute Gasteiger partial charge is 0.209 e. The molecule has 0 aliphatic carbocycles. The SMILES string of the molecule is Cn1nnnc1SC[C@@H]1C[C@H](c2ccc(CO)cc2)O[C@H](c2cccc(N)c2)O1. The Morgan fingerprint density at radius 2 is 2.00 bits per heavy atom. The summed E-state index contributed by atoms with van der Waals surface area (Å²) in [5.41, 5.74) is 9.43. The van der Waals surface area contributed by atoms with Crippen LogP contribution in [0.3, 0.4) is 0 Å². The van der Waals surface area contributed by atoms with E-state index in [0.717, 1.165) is 21.8 Å². The zero-order valence-electron chi connectivity index (χ0n) is 16.0. The molecule has 3 N–H and O–H groups in total. The van der Waals surface area contributed by atoms with E-state index in [0.29, 0.717) is 17.9 Å². The van der Waals surface area contributed by atoms with Crippen LogP contribution in [0.1, 0.15) is 35.5 Å². The molecule has 2 heterocycles. The van der Waals surface area contributed by atoms with Crippen LogP contribution in [0.5, 0.6) is 0 Å². The van der Waals surface area contributed by atoms with Gasteiger partial charge in [0.25, 0.3) is 0 Å². The molecular weight excluding hydrogens is 390 g/mol. The molecule has 0 amide bonds. The van der Waals surface area contributed by atoms with Crippen molar-refractivity contribution < 1.29 is 14.6 Å². The summed E-state index contributed by atoms with van der Waals surface area (Å²) in [5.74, 6) is 0.696. The van der Waals surface area contributed by atoms with Gasteiger partial charge >= 0.3 is 0 Å². The number of aromatic nitrogens is 4. The van der Waals surface area contributed by atoms with E-state index >= 15 is 0 Å². The molecule has 8 nitrogen and oxygen atoms in total. The maximum Gasteiger partial charge on any atom is 0.209 e. The minimum Gasteiger partial charge on any atom is -0.399 e. The maximum absolute atomic E-state index is 9.30. The van der Waals surface area contributed by atoms with Gasteiger partial charge in [-0.3, -0.25) is 0 Å². The molecular formula is C20H23N5O3S. The van der Waals surface area contributed by atoms with E-state index in [-0.39, 0.29) is 18.8 Å². The van der Waals surface area contributed by atoms with E-state index in [1.165, 1.54) is 0 Å². The summed E-state index contributed by atoms with van der Waals surface area (Å²) >= 11 is 1.55. The number of hydrogen-bond donors (Lipinski definition) is 2. The highest BCUT2D eigenvalue weighted by molar-refractivity contribution is 7.99. The Kier molecular flexibility index (Phi) is 6.10. The number of aliphatic hydroxyl groups excluding tert-OH is 1. The number of nitrogen functional groups attached to an aromatic ring is 1. The lowest BCUT2D eigenvalue weighted by Crippen LogP contribution is -2.31. The molecule has 0 bridgehead atoms. The maximum atomic E-state index is 9.30. The van der Waals surface area contributed by atoms with Gasteiger partial charge in [-0.15, -0.1) is 5.10 Å². The Morgan fingerprint density at radius 3 is 2.69 bits per heavy atom. The van der Waals surface area contributed by atoms with Crippen molar-refractivity contribution in [2.45, 2.75) is 36.7 Å². The number of aliphatic hydroxyl groups is 1. The van der Waals surface area contributed by atoms with Gasteiger partial charge in [-0.2, -0.15) is 0 Å². The highest BCUT2D eigenvalue weighted by atomic mass is 32.2. The second-order valence-corrected chi connectivity index (χ2v) is 7.90. The number of nitrogens with two attached hydrogens (primary N) is 1. The average Bonchev–Trinajstić information content (AvgIpc) is 3.17. The lowest BCUT2D eigenvalue weighted by Gasteiger charge is -2.36. The summed E-state index contributed by atoms with van der Waals surface area (Å²) in [5, 5.41) is 21.6. The summed E-state index contributed by atoms with van der Waals surface area (Å²) < 4.78 is 14.2. The Hall–Kier alpha value is -2.46. The molecule has 0 unspecified atom stereocenters. The van der Waals surface area contributed by atoms with E-state index in [1.54, 1.807) is 16.4 Å². The van der Waals surface area contributed by atoms with Crippen molar-refractivity contribution in [2.75, 3.05) is 11.5 Å². The molecule has 1 saturated heterocycles. The third kappa shape index (κ3) is 4.76. The monoisotopic (exact) mass is 413 g/mol. The molecule has 2 aromatic carbocycles. The van der Waals surface area contributed by atoms with Crippen LogP contribution in [-0.4, -0.2) is 37.2 Å². The van der Waals surface area contributed by atoms with Gasteiger partial charge in [-0.05, 0) is 33.7 Å². The van der Waals surface area contributed by atoms with Crippen molar-refractivity contribution in [2.24, 2.45) is 7.05 Å². The average molecular weight is 414 g/mol. The van der Waals surface area contributed by atoms with Crippen molar-refractivity contribution in [1.82, 2.24) is 20.2 Å². The topological polar surface area (TPSA) is 108 Å². The molecule has 0 radical (unpaired) electrons. The molecule has 3 atom stereocenters. The van der Waals surface area contributed by atoms with E-state index in [9.17, 15) is 5.11 Å². The van der Waals surface area contributed by atoms with Gasteiger partial charge in [0.1, 0.15) is 0 Å². The third-order valence-corrected chi connectivity index (χ3v) is 5.92. The van der Waals surface area contributed by atoms with Crippen molar-refractivity contribution >= 4 is 17.4 Å². The minimum atomic E-state index is -0.516. The summed E-state index contributed by atoms with van der Waals surface area (Å²) in [6, 6.07) is 15.4. The number of anilines is 1. The Bertz CT molecular complexity index is 949. The van der Waals surface area contributed by atoms with Crippen LogP contribution in [-0.2, 0) is 23.1 Å². The van der Waals surface area contributed by atoms with Gasteiger partial charge in [0.2, 0.25) is 5.16 Å². The molecule has 0 spiro atoms. The van der Waals surface area contributed by atoms with E-state index in [1.807, 2.05) is 55.6 Å². The minimum absolute atomic E-state index is 0.0197. The predicted octanol–water partition coefficient (Wildman–Crippen LogP) is 2.62. The summed E-state index contributed by atoms with van der Waals surface area (Å²) in [6.45, 7) is 0.0197. The van der Waals surface area contributed by atoms with Crippen molar-refractivity contribution in [3.63, 3.8) is 0 Å². The highest BCUT2D eigenvalue weighted by Gasteiger charge is 2.32. The molecule has 1 aliphatic rings. The number of aryl methyl sites for hydroxylation is 1. The second kappa shape index (κ2) is 8.91. The van der Waals surface area contributed by atoms with Crippen LogP contribution < -0.4 is 5.73 Å². The fourth-order valence-electron chi connectivity index (χ4n) is 3.24. The van der Waals surface area contributed by atoms with Gasteiger partial charge in [0.15, 0.2) is 6.29 Å². The molecule has 1 aliphatic heterocycles. The lowest BCUT2D eigenvalue weighted by molar-refractivity contribution is -0.245. The molecule has 4 rings (SSSR count). The molecule has 0 saturated carbocycles. The Balaban J connectivity index is 1.54. The van der Waals surface area contributed by atoms with Gasteiger partial charge in [-0.25, -0.2) is 4.68 Å². The predicted molar refractivity (Wildman–Crippen MR) is 109 cm³/mol. The first kappa shape index (κ1) is 19.8. The number of benzene rings is 2. The fraction of sp³-hybridized carbons (Fsp3) is 0.350. The lowest BCUT2D eigenvalue weighted by atomic mass is 10.0. The zero-order valence-corrected chi connectivity index (χ0v) is 16.8. The van der Waals surface area contributed by atoms with Gasteiger partial charge in [0, 0.05) is 30.5 Å². The zero-order chi connectivity index (χ0) is 20.2. The number of nitrogens with zero attached hydrogens (tertiary/aromatic N) is 4. The van der Waals surface area contributed by atoms with Crippen LogP contribution >= 0.6 is 11.8 Å². The number of rotatable bonds is 6. The van der Waals surface area contributed by atoms with Gasteiger partial charge < -0.3 is 20.3 Å². The first-order chi connectivity index (χ1) is 14.1. The van der Waals surface area contributed by atoms with Crippen LogP contribution in [0.2, 0.25) is 0 Å². The molecule has 1 aromatic heterocycles. The molecule has 29 heavy (non-hydrogen) atoms. The molecule has 152 valence electrons. The summed E-state index contributed by atoms with van der Waals surface area (Å²) in [7, 11) is 1.81. The Morgan fingerprint density at radius 1 is 1.17 bits per heavy atom. The van der Waals surface area contributed by atoms with Crippen LogP contribution in [0.15, 0.2) is 53.7 Å². The van der Waals surface area contributed by atoms with Crippen molar-refractivity contribution in [3.05, 3.63) is 65.2 Å². The quantitative estimate of drug-likeness (QED) is 0.469. The molecule has 9 heteroatoms. The van der Waals surface area contributed by atoms with E-state index in [2.05, 4.69) is 15.5 Å². The first-order valence-corrected chi connectivity index (χ1v) is 10.3. The van der Waals surface area contributed by atoms with Crippen LogP contribution in [0, 0.1) is 0 Å². The second-order valence-electron chi connectivity index (χ2n) is 6.92. The third-order valence-electron chi connectivity index (χ3n) is 4.78. The molecule has 3 aromatic rings. The fourth-order valence-corrected chi connectivity index (χ4v) is 4.11.